The molecule has 0 radical (unpaired) electrons. The second-order valence-electron chi connectivity index (χ2n) is 2.52. The van der Waals surface area contributed by atoms with Gasteiger partial charge in [0.15, 0.2) is 0 Å². The summed E-state index contributed by atoms with van der Waals surface area (Å²) >= 11 is 0. The normalized spacial score (nSPS) is 14.6. The van der Waals surface area contributed by atoms with Gasteiger partial charge >= 0.3 is 0 Å². The van der Waals surface area contributed by atoms with Gasteiger partial charge in [-0.05, 0) is 12.3 Å². The molecule has 0 aliphatic heterocycles. The van der Waals surface area contributed by atoms with Crippen LogP contribution in [-0.4, -0.2) is 23.4 Å². The second-order valence-corrected chi connectivity index (χ2v) is 2.52. The van der Waals surface area contributed by atoms with Crippen LogP contribution < -0.4 is 0 Å². The number of aliphatic hydroxyl groups excluding tert-OH is 2. The Bertz CT molecular complexity index is 111. The van der Waals surface area contributed by atoms with Crippen molar-refractivity contribution in [1.29, 1.82) is 0 Å². The van der Waals surface area contributed by atoms with Gasteiger partial charge in [-0.25, -0.2) is 4.39 Å². The molecular weight excluding hydrogens is 147 g/mol. The summed E-state index contributed by atoms with van der Waals surface area (Å²) in [6, 6.07) is 0. The Morgan fingerprint density at radius 1 is 1.36 bits per heavy atom. The molecule has 2 nitrogen and oxygen atoms in total. The van der Waals surface area contributed by atoms with Crippen molar-refractivity contribution < 1.29 is 14.6 Å². The van der Waals surface area contributed by atoms with E-state index in [-0.39, 0.29) is 25.0 Å². The zero-order valence-electron chi connectivity index (χ0n) is 6.70. The quantitative estimate of drug-likeness (QED) is 0.635. The first-order valence-electron chi connectivity index (χ1n) is 3.78. The van der Waals surface area contributed by atoms with Crippen molar-refractivity contribution in [2.45, 2.75) is 13.3 Å². The van der Waals surface area contributed by atoms with E-state index in [2.05, 4.69) is 0 Å². The van der Waals surface area contributed by atoms with E-state index >= 15 is 0 Å². The Kier molecular flexibility index (Phi) is 6.07. The molecule has 0 fully saturated rings. The minimum absolute atomic E-state index is 0.0602. The maximum Gasteiger partial charge on any atom is 0.0830 e. The molecule has 0 amide bonds. The van der Waals surface area contributed by atoms with Crippen LogP contribution in [0.1, 0.15) is 13.3 Å². The maximum atomic E-state index is 11.7. The minimum Gasteiger partial charge on any atom is -0.396 e. The molecule has 0 bridgehead atoms. The van der Waals surface area contributed by atoms with Gasteiger partial charge in [-0.2, -0.15) is 0 Å². The average Bonchev–Trinajstić information content (AvgIpc) is 2.05. The fraction of sp³-hybridized carbons (Fsp3) is 0.750. The second kappa shape index (κ2) is 6.31. The molecule has 0 saturated carbocycles. The molecule has 3 heteroatoms. The molecule has 0 rings (SSSR count). The number of hydrogen-bond donors (Lipinski definition) is 2. The van der Waals surface area contributed by atoms with Crippen LogP contribution in [0.3, 0.4) is 0 Å². The van der Waals surface area contributed by atoms with Gasteiger partial charge in [0.1, 0.15) is 0 Å². The van der Waals surface area contributed by atoms with E-state index in [1.54, 1.807) is 0 Å². The highest BCUT2D eigenvalue weighted by molar-refractivity contribution is 4.86. The van der Waals surface area contributed by atoms with E-state index in [0.717, 1.165) is 6.42 Å². The molecular formula is C8H15FO2. The molecule has 0 spiro atoms. The largest absolute Gasteiger partial charge is 0.396 e. The van der Waals surface area contributed by atoms with Gasteiger partial charge in [0.25, 0.3) is 0 Å². The van der Waals surface area contributed by atoms with Crippen LogP contribution in [0, 0.1) is 11.8 Å². The SMILES string of the molecule is CCC(/C=C\F)C(CO)CO. The van der Waals surface area contributed by atoms with Crippen molar-refractivity contribution in [3.63, 3.8) is 0 Å². The van der Waals surface area contributed by atoms with E-state index < -0.39 is 0 Å². The van der Waals surface area contributed by atoms with Gasteiger partial charge in [-0.1, -0.05) is 13.0 Å². The van der Waals surface area contributed by atoms with Crippen molar-refractivity contribution in [3.8, 4) is 0 Å². The predicted molar refractivity (Wildman–Crippen MR) is 41.7 cm³/mol. The van der Waals surface area contributed by atoms with Crippen LogP contribution in [0.4, 0.5) is 4.39 Å². The van der Waals surface area contributed by atoms with Crippen LogP contribution in [0.2, 0.25) is 0 Å². The van der Waals surface area contributed by atoms with Gasteiger partial charge in [-0.3, -0.25) is 0 Å². The summed E-state index contributed by atoms with van der Waals surface area (Å²) in [5, 5.41) is 17.5. The number of aliphatic hydroxyl groups is 2. The first-order chi connectivity index (χ1) is 5.29. The highest BCUT2D eigenvalue weighted by Gasteiger charge is 2.15. The summed E-state index contributed by atoms with van der Waals surface area (Å²) < 4.78 is 11.7. The highest BCUT2D eigenvalue weighted by atomic mass is 19.1. The van der Waals surface area contributed by atoms with Crippen molar-refractivity contribution in [3.05, 3.63) is 12.4 Å². The summed E-state index contributed by atoms with van der Waals surface area (Å²) in [7, 11) is 0. The number of allylic oxidation sites excluding steroid dienone is 1. The Balaban J connectivity index is 3.97. The number of rotatable bonds is 5. The van der Waals surface area contributed by atoms with Crippen LogP contribution in [0.5, 0.6) is 0 Å². The third-order valence-corrected chi connectivity index (χ3v) is 1.87. The van der Waals surface area contributed by atoms with Crippen LogP contribution >= 0.6 is 0 Å². The topological polar surface area (TPSA) is 40.5 Å². The molecule has 66 valence electrons. The molecule has 0 saturated heterocycles. The Morgan fingerprint density at radius 2 is 1.91 bits per heavy atom. The first kappa shape index (κ1) is 10.6. The summed E-state index contributed by atoms with van der Waals surface area (Å²) in [4.78, 5) is 0. The lowest BCUT2D eigenvalue weighted by Gasteiger charge is -2.18. The zero-order valence-corrected chi connectivity index (χ0v) is 6.70. The van der Waals surface area contributed by atoms with Crippen molar-refractivity contribution >= 4 is 0 Å². The van der Waals surface area contributed by atoms with Gasteiger partial charge in [-0.15, -0.1) is 0 Å². The predicted octanol–water partition coefficient (Wildman–Crippen LogP) is 1.10. The fourth-order valence-corrected chi connectivity index (χ4v) is 1.05. The Hall–Kier alpha value is -0.410. The van der Waals surface area contributed by atoms with Gasteiger partial charge in [0.2, 0.25) is 0 Å². The fourth-order valence-electron chi connectivity index (χ4n) is 1.05. The third-order valence-electron chi connectivity index (χ3n) is 1.87. The van der Waals surface area contributed by atoms with E-state index in [1.807, 2.05) is 6.92 Å². The molecule has 0 heterocycles. The molecule has 1 unspecified atom stereocenters. The van der Waals surface area contributed by atoms with Crippen molar-refractivity contribution in [2.75, 3.05) is 13.2 Å². The first-order valence-corrected chi connectivity index (χ1v) is 3.78. The summed E-state index contributed by atoms with van der Waals surface area (Å²) in [5.41, 5.74) is 0. The summed E-state index contributed by atoms with van der Waals surface area (Å²) in [6.07, 6.45) is 2.57. The molecule has 11 heavy (non-hydrogen) atoms. The van der Waals surface area contributed by atoms with E-state index in [1.165, 1.54) is 6.08 Å². The van der Waals surface area contributed by atoms with Crippen molar-refractivity contribution in [2.24, 2.45) is 11.8 Å². The number of hydrogen-bond acceptors (Lipinski definition) is 2. The standard InChI is InChI=1S/C8H15FO2/c1-2-7(3-4-9)8(5-10)6-11/h3-4,7-8,10-11H,2,5-6H2,1H3/b4-3-. The smallest absolute Gasteiger partial charge is 0.0830 e. The third kappa shape index (κ3) is 3.49. The monoisotopic (exact) mass is 162 g/mol. The van der Waals surface area contributed by atoms with Crippen LogP contribution in [0.25, 0.3) is 0 Å². The lowest BCUT2D eigenvalue weighted by atomic mass is 9.91. The molecule has 0 aliphatic carbocycles. The highest BCUT2D eigenvalue weighted by Crippen LogP contribution is 2.16. The molecule has 1 atom stereocenters. The van der Waals surface area contributed by atoms with Gasteiger partial charge in [0, 0.05) is 19.1 Å². The van der Waals surface area contributed by atoms with Crippen LogP contribution in [0.15, 0.2) is 12.4 Å². The Morgan fingerprint density at radius 3 is 2.18 bits per heavy atom. The van der Waals surface area contributed by atoms with E-state index in [9.17, 15) is 4.39 Å². The van der Waals surface area contributed by atoms with Crippen LogP contribution in [-0.2, 0) is 0 Å². The molecule has 0 aromatic rings. The lowest BCUT2D eigenvalue weighted by molar-refractivity contribution is 0.120. The molecule has 0 aliphatic rings. The maximum absolute atomic E-state index is 11.7. The molecule has 2 N–H and O–H groups in total. The van der Waals surface area contributed by atoms with Crippen molar-refractivity contribution in [1.82, 2.24) is 0 Å². The van der Waals surface area contributed by atoms with E-state index in [4.69, 9.17) is 10.2 Å². The minimum atomic E-state index is -0.230. The Labute approximate surface area is 66.4 Å². The molecule has 0 aromatic heterocycles. The van der Waals surface area contributed by atoms with Gasteiger partial charge < -0.3 is 10.2 Å². The zero-order chi connectivity index (χ0) is 8.69. The van der Waals surface area contributed by atoms with E-state index in [0.29, 0.717) is 6.33 Å². The summed E-state index contributed by atoms with van der Waals surface area (Å²) in [5.74, 6) is -0.290. The average molecular weight is 162 g/mol. The summed E-state index contributed by atoms with van der Waals surface area (Å²) in [6.45, 7) is 1.70. The van der Waals surface area contributed by atoms with Gasteiger partial charge in [0.05, 0.1) is 6.33 Å². The molecule has 0 aromatic carbocycles. The number of halogens is 1. The lowest BCUT2D eigenvalue weighted by Crippen LogP contribution is -2.20.